The fourth-order valence-electron chi connectivity index (χ4n) is 1.98. The average Bonchev–Trinajstić information content (AvgIpc) is 2.53. The van der Waals surface area contributed by atoms with E-state index in [4.69, 9.17) is 0 Å². The van der Waals surface area contributed by atoms with Gasteiger partial charge in [0, 0.05) is 11.6 Å². The Morgan fingerprint density at radius 2 is 1.78 bits per heavy atom. The zero-order valence-electron chi connectivity index (χ0n) is 13.0. The van der Waals surface area contributed by atoms with Gasteiger partial charge in [-0.2, -0.15) is 0 Å². The van der Waals surface area contributed by atoms with Crippen molar-refractivity contribution in [1.29, 1.82) is 0 Å². The normalized spacial score (nSPS) is 10.9. The molecule has 0 fully saturated rings. The van der Waals surface area contributed by atoms with Crippen LogP contribution in [0.3, 0.4) is 0 Å². The molecule has 118 valence electrons. The summed E-state index contributed by atoms with van der Waals surface area (Å²) in [5.41, 5.74) is 1.51. The average molecular weight is 310 g/mol. The lowest BCUT2D eigenvalue weighted by Crippen LogP contribution is -2.12. The Hall–Kier alpha value is -2.95. The van der Waals surface area contributed by atoms with Gasteiger partial charge in [0.25, 0.3) is 11.6 Å². The molecule has 0 aliphatic heterocycles. The van der Waals surface area contributed by atoms with Crippen LogP contribution in [0, 0.1) is 16.0 Å². The summed E-state index contributed by atoms with van der Waals surface area (Å²) in [6, 6.07) is 13.1. The fraction of sp³-hybridized carbons (Fsp3) is 0.167. The first-order chi connectivity index (χ1) is 11.0. The maximum atomic E-state index is 12.2. The number of carbonyl (C=O) groups excluding carboxylic acids is 1. The predicted molar refractivity (Wildman–Crippen MR) is 91.4 cm³/mol. The molecular weight excluding hydrogens is 292 g/mol. The van der Waals surface area contributed by atoms with Crippen molar-refractivity contribution in [2.45, 2.75) is 13.8 Å². The van der Waals surface area contributed by atoms with Crippen molar-refractivity contribution in [3.63, 3.8) is 0 Å². The van der Waals surface area contributed by atoms with Crippen LogP contribution < -0.4 is 5.32 Å². The number of nitro groups is 1. The number of nitro benzene ring substituents is 1. The van der Waals surface area contributed by atoms with E-state index in [1.54, 1.807) is 24.3 Å². The van der Waals surface area contributed by atoms with Crippen LogP contribution in [0.1, 0.15) is 29.8 Å². The Bertz CT molecular complexity index is 734. The Morgan fingerprint density at radius 1 is 1.13 bits per heavy atom. The maximum absolute atomic E-state index is 12.2. The third-order valence-electron chi connectivity index (χ3n) is 3.20. The summed E-state index contributed by atoms with van der Waals surface area (Å²) in [6.45, 7) is 4.18. The zero-order valence-corrected chi connectivity index (χ0v) is 13.0. The summed E-state index contributed by atoms with van der Waals surface area (Å²) in [5, 5.41) is 13.5. The third kappa shape index (κ3) is 4.51. The number of anilines is 1. The van der Waals surface area contributed by atoms with Crippen molar-refractivity contribution in [1.82, 2.24) is 0 Å². The smallest absolute Gasteiger partial charge is 0.292 e. The molecule has 0 saturated heterocycles. The summed E-state index contributed by atoms with van der Waals surface area (Å²) in [4.78, 5) is 22.7. The van der Waals surface area contributed by atoms with Gasteiger partial charge < -0.3 is 5.32 Å². The molecule has 5 nitrogen and oxygen atoms in total. The van der Waals surface area contributed by atoms with Crippen LogP contribution in [-0.4, -0.2) is 10.8 Å². The molecule has 23 heavy (non-hydrogen) atoms. The van der Waals surface area contributed by atoms with Gasteiger partial charge in [0.05, 0.1) is 4.92 Å². The van der Waals surface area contributed by atoms with E-state index in [0.717, 1.165) is 5.56 Å². The number of hydrogen-bond donors (Lipinski definition) is 1. The lowest BCUT2D eigenvalue weighted by molar-refractivity contribution is -0.383. The molecule has 5 heteroatoms. The minimum atomic E-state index is -0.518. The highest BCUT2D eigenvalue weighted by Gasteiger charge is 2.15. The minimum absolute atomic E-state index is 0.127. The van der Waals surface area contributed by atoms with Crippen LogP contribution in [0.5, 0.6) is 0 Å². The van der Waals surface area contributed by atoms with E-state index < -0.39 is 4.92 Å². The van der Waals surface area contributed by atoms with Gasteiger partial charge in [-0.25, -0.2) is 0 Å². The molecule has 0 atom stereocenters. The third-order valence-corrected chi connectivity index (χ3v) is 3.20. The summed E-state index contributed by atoms with van der Waals surface area (Å²) in [7, 11) is 0. The van der Waals surface area contributed by atoms with Gasteiger partial charge >= 0.3 is 0 Å². The first-order valence-corrected chi connectivity index (χ1v) is 7.30. The molecule has 1 N–H and O–H groups in total. The van der Waals surface area contributed by atoms with E-state index in [1.807, 2.05) is 18.2 Å². The maximum Gasteiger partial charge on any atom is 0.292 e. The highest BCUT2D eigenvalue weighted by Crippen LogP contribution is 2.23. The molecule has 0 aliphatic carbocycles. The second-order valence-electron chi connectivity index (χ2n) is 5.45. The monoisotopic (exact) mass is 310 g/mol. The van der Waals surface area contributed by atoms with Crippen LogP contribution in [-0.2, 0) is 0 Å². The second kappa shape index (κ2) is 7.35. The van der Waals surface area contributed by atoms with Crippen molar-refractivity contribution < 1.29 is 9.72 Å². The van der Waals surface area contributed by atoms with Gasteiger partial charge in [-0.15, -0.1) is 0 Å². The topological polar surface area (TPSA) is 72.2 Å². The standard InChI is InChI=1S/C18H18N2O3/c1-13(2)7-8-14-9-11-15(12-10-14)18(21)19-16-5-3-4-6-17(16)20(22)23/h3-13H,1-2H3,(H,19,21). The number of allylic oxidation sites excluding steroid dienone is 1. The highest BCUT2D eigenvalue weighted by atomic mass is 16.6. The quantitative estimate of drug-likeness (QED) is 0.652. The molecule has 0 heterocycles. The number of nitrogens with one attached hydrogen (secondary N) is 1. The van der Waals surface area contributed by atoms with E-state index in [9.17, 15) is 14.9 Å². The lowest BCUT2D eigenvalue weighted by atomic mass is 10.1. The van der Waals surface area contributed by atoms with Crippen molar-refractivity contribution in [3.8, 4) is 0 Å². The summed E-state index contributed by atoms with van der Waals surface area (Å²) in [5.74, 6) is 0.0790. The molecule has 1 amide bonds. The van der Waals surface area contributed by atoms with Crippen molar-refractivity contribution in [3.05, 3.63) is 75.8 Å². The highest BCUT2D eigenvalue weighted by molar-refractivity contribution is 6.05. The van der Waals surface area contributed by atoms with Crippen LogP contribution in [0.25, 0.3) is 6.08 Å². The van der Waals surface area contributed by atoms with Crippen LogP contribution in [0.4, 0.5) is 11.4 Å². The Balaban J connectivity index is 2.14. The summed E-state index contributed by atoms with van der Waals surface area (Å²) < 4.78 is 0. The van der Waals surface area contributed by atoms with Crippen LogP contribution in [0.15, 0.2) is 54.6 Å². The summed E-state index contributed by atoms with van der Waals surface area (Å²) in [6.07, 6.45) is 4.07. The number of nitrogens with zero attached hydrogens (tertiary/aromatic N) is 1. The first kappa shape index (κ1) is 16.4. The number of carbonyl (C=O) groups is 1. The second-order valence-corrected chi connectivity index (χ2v) is 5.45. The molecule has 0 saturated carbocycles. The molecule has 2 aromatic carbocycles. The van der Waals surface area contributed by atoms with Crippen LogP contribution >= 0.6 is 0 Å². The predicted octanol–water partition coefficient (Wildman–Crippen LogP) is 4.52. The molecule has 0 radical (unpaired) electrons. The van der Waals surface area contributed by atoms with E-state index >= 15 is 0 Å². The van der Waals surface area contributed by atoms with E-state index in [2.05, 4.69) is 25.2 Å². The van der Waals surface area contributed by atoms with Gasteiger partial charge in [-0.05, 0) is 29.7 Å². The Kier molecular flexibility index (Phi) is 5.25. The van der Waals surface area contributed by atoms with Gasteiger partial charge in [0.1, 0.15) is 5.69 Å². The molecule has 2 rings (SSSR count). The molecule has 2 aromatic rings. The summed E-state index contributed by atoms with van der Waals surface area (Å²) >= 11 is 0. The SMILES string of the molecule is CC(C)C=Cc1ccc(C(=O)Nc2ccccc2[N+](=O)[O-])cc1. The van der Waals surface area contributed by atoms with Gasteiger partial charge in [-0.1, -0.05) is 50.3 Å². The molecule has 0 bridgehead atoms. The molecule has 0 aromatic heterocycles. The van der Waals surface area contributed by atoms with Gasteiger partial charge in [-0.3, -0.25) is 14.9 Å². The Labute approximate surface area is 134 Å². The first-order valence-electron chi connectivity index (χ1n) is 7.30. The fourth-order valence-corrected chi connectivity index (χ4v) is 1.98. The lowest BCUT2D eigenvalue weighted by Gasteiger charge is -2.06. The zero-order chi connectivity index (χ0) is 16.8. The van der Waals surface area contributed by atoms with Crippen molar-refractivity contribution in [2.24, 2.45) is 5.92 Å². The molecule has 0 aliphatic rings. The number of benzene rings is 2. The minimum Gasteiger partial charge on any atom is -0.316 e. The number of hydrogen-bond acceptors (Lipinski definition) is 3. The van der Waals surface area contributed by atoms with Crippen molar-refractivity contribution in [2.75, 3.05) is 5.32 Å². The Morgan fingerprint density at radius 3 is 2.39 bits per heavy atom. The van der Waals surface area contributed by atoms with Gasteiger partial charge in [0.2, 0.25) is 0 Å². The van der Waals surface area contributed by atoms with E-state index in [0.29, 0.717) is 11.5 Å². The van der Waals surface area contributed by atoms with E-state index in [1.165, 1.54) is 12.1 Å². The molecule has 0 unspecified atom stereocenters. The molecule has 0 spiro atoms. The van der Waals surface area contributed by atoms with Crippen molar-refractivity contribution >= 4 is 23.4 Å². The number of amides is 1. The van der Waals surface area contributed by atoms with E-state index in [-0.39, 0.29) is 17.3 Å². The molecular formula is C18H18N2O3. The van der Waals surface area contributed by atoms with Crippen LogP contribution in [0.2, 0.25) is 0 Å². The largest absolute Gasteiger partial charge is 0.316 e. The van der Waals surface area contributed by atoms with Gasteiger partial charge in [0.15, 0.2) is 0 Å². The number of rotatable bonds is 5. The number of para-hydroxylation sites is 2.